The Kier molecular flexibility index (Phi) is 4.92. The van der Waals surface area contributed by atoms with Crippen LogP contribution in [0.4, 0.5) is 17.5 Å². The van der Waals surface area contributed by atoms with E-state index in [0.29, 0.717) is 28.7 Å². The molecular weight excluding hydrogens is 396 g/mol. The van der Waals surface area contributed by atoms with Gasteiger partial charge >= 0.3 is 0 Å². The van der Waals surface area contributed by atoms with Crippen molar-refractivity contribution >= 4 is 23.4 Å². The molecule has 2 saturated carbocycles. The zero-order chi connectivity index (χ0) is 21.6. The predicted molar refractivity (Wildman–Crippen MR) is 115 cm³/mol. The van der Waals surface area contributed by atoms with Crippen LogP contribution in [0.2, 0.25) is 0 Å². The smallest absolute Gasteiger partial charge is 0.284 e. The molecule has 0 saturated heterocycles. The minimum Gasteiger partial charge on any atom is -0.710 e. The number of carbonyl (C=O) groups excluding carboxylic acids is 1. The first-order valence-corrected chi connectivity index (χ1v) is 11.1. The quantitative estimate of drug-likeness (QED) is 0.438. The highest BCUT2D eigenvalue weighted by molar-refractivity contribution is 6.00. The molecule has 164 valence electrons. The summed E-state index contributed by atoms with van der Waals surface area (Å²) in [4.78, 5) is 21.2. The normalized spacial score (nSPS) is 24.1. The Labute approximate surface area is 180 Å². The number of carbonyl (C=O) groups is 1. The molecule has 4 N–H and O–H groups in total. The number of aryl methyl sites for hydroxylation is 1. The van der Waals surface area contributed by atoms with E-state index in [2.05, 4.69) is 25.9 Å². The van der Waals surface area contributed by atoms with Gasteiger partial charge in [-0.15, -0.1) is 0 Å². The lowest BCUT2D eigenvalue weighted by Gasteiger charge is -2.34. The molecule has 31 heavy (non-hydrogen) atoms. The number of aromatic nitrogens is 3. The number of nitrogens with one attached hydrogen (secondary N) is 3. The predicted octanol–water partition coefficient (Wildman–Crippen LogP) is 2.39. The van der Waals surface area contributed by atoms with Crippen LogP contribution < -0.4 is 20.7 Å². The zero-order valence-corrected chi connectivity index (χ0v) is 17.6. The lowest BCUT2D eigenvalue weighted by atomic mass is 9.79. The van der Waals surface area contributed by atoms with Crippen molar-refractivity contribution in [1.29, 1.82) is 0 Å². The maximum absolute atomic E-state index is 13.4. The average molecular weight is 425 g/mol. The van der Waals surface area contributed by atoms with Crippen molar-refractivity contribution in [2.45, 2.75) is 76.0 Å². The Hall–Kier alpha value is -2.94. The minimum atomic E-state index is -0.578. The second-order valence-electron chi connectivity index (χ2n) is 8.99. The van der Waals surface area contributed by atoms with Crippen LogP contribution in [-0.2, 0) is 5.54 Å². The summed E-state index contributed by atoms with van der Waals surface area (Å²) in [5, 5.41) is 33.0. The van der Waals surface area contributed by atoms with Crippen LogP contribution in [0.15, 0.2) is 18.5 Å². The van der Waals surface area contributed by atoms with Gasteiger partial charge in [0.15, 0.2) is 0 Å². The molecule has 1 amide bonds. The number of nitrogens with zero attached hydrogens (tertiary/aromatic N) is 3. The second kappa shape index (κ2) is 7.64. The van der Waals surface area contributed by atoms with Crippen LogP contribution in [0.3, 0.4) is 0 Å². The third kappa shape index (κ3) is 3.46. The standard InChI is InChI=1S/C22H28N6O3/c1-13-10-18(26-17-11-16(23-12-24-17)25-14-6-5-7-15(14)29)28(31)20-19(13)21(30)27-22(20)8-3-2-4-9-22/h10-12,14-15,29H,2-9H2,1H3,(H,27,30)(H2,23,24,25,26)/t14-,15-/m0/s1. The van der Waals surface area contributed by atoms with Crippen molar-refractivity contribution in [3.8, 4) is 0 Å². The van der Waals surface area contributed by atoms with E-state index < -0.39 is 5.54 Å². The van der Waals surface area contributed by atoms with Gasteiger partial charge in [-0.3, -0.25) is 4.79 Å². The summed E-state index contributed by atoms with van der Waals surface area (Å²) in [5.74, 6) is 1.25. The highest BCUT2D eigenvalue weighted by Crippen LogP contribution is 2.42. The fraction of sp³-hybridized carbons (Fsp3) is 0.545. The van der Waals surface area contributed by atoms with E-state index in [1.807, 2.05) is 6.92 Å². The molecule has 3 heterocycles. The Morgan fingerprint density at radius 3 is 2.68 bits per heavy atom. The van der Waals surface area contributed by atoms with E-state index in [0.717, 1.165) is 61.7 Å². The van der Waals surface area contributed by atoms with Crippen LogP contribution in [-0.4, -0.2) is 33.1 Å². The van der Waals surface area contributed by atoms with Crippen molar-refractivity contribution in [3.05, 3.63) is 40.5 Å². The molecule has 2 aliphatic carbocycles. The Balaban J connectivity index is 1.46. The number of fused-ring (bicyclic) bond motifs is 2. The van der Waals surface area contributed by atoms with Crippen molar-refractivity contribution in [1.82, 2.24) is 15.3 Å². The van der Waals surface area contributed by atoms with E-state index in [9.17, 15) is 15.1 Å². The van der Waals surface area contributed by atoms with Crippen LogP contribution >= 0.6 is 0 Å². The van der Waals surface area contributed by atoms with E-state index in [-0.39, 0.29) is 18.1 Å². The van der Waals surface area contributed by atoms with E-state index in [1.165, 1.54) is 6.33 Å². The largest absolute Gasteiger partial charge is 0.710 e. The summed E-state index contributed by atoms with van der Waals surface area (Å²) in [6.45, 7) is 1.86. The fourth-order valence-electron chi connectivity index (χ4n) is 5.34. The Morgan fingerprint density at radius 1 is 1.16 bits per heavy atom. The maximum atomic E-state index is 13.4. The van der Waals surface area contributed by atoms with Gasteiger partial charge in [-0.1, -0.05) is 19.3 Å². The van der Waals surface area contributed by atoms with Crippen molar-refractivity contribution < 1.29 is 14.6 Å². The zero-order valence-electron chi connectivity index (χ0n) is 17.6. The molecule has 0 unspecified atom stereocenters. The molecule has 2 aromatic heterocycles. The van der Waals surface area contributed by atoms with Crippen molar-refractivity contribution in [2.24, 2.45) is 0 Å². The summed E-state index contributed by atoms with van der Waals surface area (Å²) in [5.41, 5.74) is 1.22. The summed E-state index contributed by atoms with van der Waals surface area (Å²) < 4.78 is 0.863. The first-order chi connectivity index (χ1) is 15.0. The molecule has 1 spiro atoms. The first-order valence-electron chi connectivity index (χ1n) is 11.1. The molecule has 2 aromatic rings. The summed E-state index contributed by atoms with van der Waals surface area (Å²) >= 11 is 0. The molecule has 1 aliphatic heterocycles. The highest BCUT2D eigenvalue weighted by Gasteiger charge is 2.48. The fourth-order valence-corrected chi connectivity index (χ4v) is 5.34. The molecular formula is C22H28N6O3. The number of pyridine rings is 1. The third-order valence-electron chi connectivity index (χ3n) is 6.88. The molecule has 9 nitrogen and oxygen atoms in total. The highest BCUT2D eigenvalue weighted by atomic mass is 16.5. The van der Waals surface area contributed by atoms with Crippen LogP contribution in [0.25, 0.3) is 0 Å². The number of hydrogen-bond donors (Lipinski definition) is 4. The summed E-state index contributed by atoms with van der Waals surface area (Å²) in [7, 11) is 0. The number of amides is 1. The second-order valence-corrected chi connectivity index (χ2v) is 8.99. The number of aliphatic hydroxyl groups excluding tert-OH is 1. The van der Waals surface area contributed by atoms with Gasteiger partial charge in [0, 0.05) is 12.1 Å². The SMILES string of the molecule is Cc1cc(Nc2cc(N[C@H]3CCC[C@@H]3O)ncn2)[n+]([O-])c2c1C(=O)NC21CCCCC1. The molecule has 3 aliphatic rings. The van der Waals surface area contributed by atoms with E-state index >= 15 is 0 Å². The van der Waals surface area contributed by atoms with Crippen molar-refractivity contribution in [2.75, 3.05) is 10.6 Å². The molecule has 0 aromatic carbocycles. The Bertz CT molecular complexity index is 1020. The number of hydrogen-bond acceptors (Lipinski definition) is 7. The van der Waals surface area contributed by atoms with Gasteiger partial charge < -0.3 is 20.9 Å². The minimum absolute atomic E-state index is 0.0299. The van der Waals surface area contributed by atoms with Crippen molar-refractivity contribution in [3.63, 3.8) is 0 Å². The molecule has 2 atom stereocenters. The molecule has 9 heteroatoms. The monoisotopic (exact) mass is 424 g/mol. The van der Waals surface area contributed by atoms with Gasteiger partial charge in [0.2, 0.25) is 5.82 Å². The number of rotatable bonds is 4. The summed E-state index contributed by atoms with van der Waals surface area (Å²) in [6.07, 6.45) is 8.36. The first kappa shape index (κ1) is 20.0. The van der Waals surface area contributed by atoms with E-state index in [1.54, 1.807) is 12.1 Å². The number of anilines is 3. The average Bonchev–Trinajstić information content (AvgIpc) is 3.27. The topological polar surface area (TPSA) is 126 Å². The van der Waals surface area contributed by atoms with E-state index in [4.69, 9.17) is 0 Å². The Morgan fingerprint density at radius 2 is 1.94 bits per heavy atom. The van der Waals surface area contributed by atoms with Gasteiger partial charge in [-0.25, -0.2) is 15.0 Å². The summed E-state index contributed by atoms with van der Waals surface area (Å²) in [6, 6.07) is 3.40. The molecule has 2 fully saturated rings. The maximum Gasteiger partial charge on any atom is 0.284 e. The lowest BCUT2D eigenvalue weighted by Crippen LogP contribution is -2.49. The van der Waals surface area contributed by atoms with Gasteiger partial charge in [-0.05, 0) is 44.6 Å². The molecule has 0 radical (unpaired) electrons. The van der Waals surface area contributed by atoms with Gasteiger partial charge in [0.1, 0.15) is 23.4 Å². The van der Waals surface area contributed by atoms with Gasteiger partial charge in [0.25, 0.3) is 11.7 Å². The number of aliphatic hydroxyl groups is 1. The van der Waals surface area contributed by atoms with Gasteiger partial charge in [0.05, 0.1) is 17.7 Å². The van der Waals surface area contributed by atoms with Crippen LogP contribution in [0.1, 0.15) is 73.0 Å². The van der Waals surface area contributed by atoms with Gasteiger partial charge in [-0.2, -0.15) is 4.98 Å². The third-order valence-corrected chi connectivity index (χ3v) is 6.88. The molecule has 0 bridgehead atoms. The molecule has 5 rings (SSSR count). The van der Waals surface area contributed by atoms with Crippen LogP contribution in [0.5, 0.6) is 0 Å². The lowest BCUT2D eigenvalue weighted by molar-refractivity contribution is -0.603. The van der Waals surface area contributed by atoms with Crippen LogP contribution in [0, 0.1) is 12.1 Å².